The van der Waals surface area contributed by atoms with E-state index in [2.05, 4.69) is 0 Å². The number of nitrogens with zero attached hydrogens (tertiary/aromatic N) is 1. The first kappa shape index (κ1) is 24.6. The highest BCUT2D eigenvalue weighted by molar-refractivity contribution is 6.18. The summed E-state index contributed by atoms with van der Waals surface area (Å²) in [6, 6.07) is 0. The van der Waals surface area contributed by atoms with Crippen molar-refractivity contribution in [1.82, 2.24) is 4.90 Å². The second kappa shape index (κ2) is 7.68. The molecule has 2 aliphatic carbocycles. The number of hydrogen-bond donors (Lipinski definition) is 2. The van der Waals surface area contributed by atoms with Gasteiger partial charge in [0.05, 0.1) is 24.0 Å². The number of aliphatic hydroxyl groups is 2. The molecule has 2 N–H and O–H groups in total. The van der Waals surface area contributed by atoms with E-state index in [1.165, 1.54) is 17.1 Å². The number of allylic oxidation sites excluding steroid dienone is 2. The van der Waals surface area contributed by atoms with Crippen LogP contribution in [-0.4, -0.2) is 68.3 Å². The number of ketones is 2. The van der Waals surface area contributed by atoms with Gasteiger partial charge in [-0.1, -0.05) is 25.5 Å². The van der Waals surface area contributed by atoms with Gasteiger partial charge in [-0.3, -0.25) is 19.3 Å². The van der Waals surface area contributed by atoms with E-state index in [1.807, 2.05) is 26.8 Å². The first-order valence-electron chi connectivity index (χ1n) is 12.6. The molecule has 0 bridgehead atoms. The Balaban J connectivity index is 1.64. The van der Waals surface area contributed by atoms with Crippen molar-refractivity contribution >= 4 is 17.5 Å². The normalized spacial score (nSPS) is 44.4. The lowest BCUT2D eigenvalue weighted by Crippen LogP contribution is -2.53. The summed E-state index contributed by atoms with van der Waals surface area (Å²) < 4.78 is 12.2. The van der Waals surface area contributed by atoms with Crippen LogP contribution in [0.4, 0.5) is 0 Å². The molecule has 1 saturated carbocycles. The van der Waals surface area contributed by atoms with Crippen molar-refractivity contribution in [1.29, 1.82) is 0 Å². The smallest absolute Gasteiger partial charge is 0.241 e. The van der Waals surface area contributed by atoms with Gasteiger partial charge in [-0.2, -0.15) is 0 Å². The maximum Gasteiger partial charge on any atom is 0.241 e. The topological polar surface area (TPSA) is 113 Å². The summed E-state index contributed by atoms with van der Waals surface area (Å²) in [5, 5.41) is 22.5. The zero-order valence-electron chi connectivity index (χ0n) is 21.2. The van der Waals surface area contributed by atoms with Crippen molar-refractivity contribution in [3.8, 4) is 0 Å². The van der Waals surface area contributed by atoms with Crippen LogP contribution < -0.4 is 0 Å². The molecule has 0 aromatic heterocycles. The lowest BCUT2D eigenvalue weighted by molar-refractivity contribution is -0.233. The molecule has 0 aromatic rings. The van der Waals surface area contributed by atoms with Crippen LogP contribution >= 0.6 is 0 Å². The van der Waals surface area contributed by atoms with Gasteiger partial charge in [-0.25, -0.2) is 0 Å². The average Bonchev–Trinajstić information content (AvgIpc) is 3.04. The maximum atomic E-state index is 13.7. The van der Waals surface area contributed by atoms with Crippen LogP contribution in [0.5, 0.6) is 0 Å². The standard InChI is InChI=1S/C27H35NO7/c1-7-26-12-13(2)21-14(3)22(35-20-9-8-18(30)15(4)34-20)17-10-16(29)11-19(27(17,21)33)28(26)24(32)25(5,6)23(26)31/h10-12,14-15,18,20-22,30,33H,7-9H2,1-6H3/t14-,15-,18-,20+,21-,22+,26+,27+/m1/s1. The van der Waals surface area contributed by atoms with E-state index in [0.29, 0.717) is 24.8 Å². The quantitative estimate of drug-likeness (QED) is 0.465. The van der Waals surface area contributed by atoms with Gasteiger partial charge in [-0.05, 0) is 52.5 Å². The van der Waals surface area contributed by atoms with E-state index in [4.69, 9.17) is 9.47 Å². The Morgan fingerprint density at radius 3 is 2.49 bits per heavy atom. The van der Waals surface area contributed by atoms with E-state index >= 15 is 0 Å². The zero-order chi connectivity index (χ0) is 25.7. The molecule has 8 atom stereocenters. The summed E-state index contributed by atoms with van der Waals surface area (Å²) >= 11 is 0. The van der Waals surface area contributed by atoms with Crippen molar-refractivity contribution in [3.63, 3.8) is 0 Å². The number of fused-ring (bicyclic) bond motifs is 2. The third kappa shape index (κ3) is 3.03. The fourth-order valence-corrected chi connectivity index (χ4v) is 7.10. The van der Waals surface area contributed by atoms with Crippen LogP contribution in [0.25, 0.3) is 0 Å². The summed E-state index contributed by atoms with van der Waals surface area (Å²) in [5.74, 6) is -1.77. The Labute approximate surface area is 205 Å². The second-order valence-corrected chi connectivity index (χ2v) is 11.4. The van der Waals surface area contributed by atoms with Crippen LogP contribution in [-0.2, 0) is 23.9 Å². The van der Waals surface area contributed by atoms with Crippen molar-refractivity contribution < 1.29 is 34.1 Å². The fourth-order valence-electron chi connectivity index (χ4n) is 7.10. The highest BCUT2D eigenvalue weighted by Crippen LogP contribution is 2.60. The summed E-state index contributed by atoms with van der Waals surface area (Å²) in [4.78, 5) is 41.8. The minimum absolute atomic E-state index is 0.162. The van der Waals surface area contributed by atoms with Crippen molar-refractivity contribution in [3.05, 3.63) is 35.1 Å². The van der Waals surface area contributed by atoms with Gasteiger partial charge in [0.2, 0.25) is 5.91 Å². The SMILES string of the molecule is CC[C@@]12C=C(C)[C@@H]3[C@@H](C)[C@H](O[C@H]4CC[C@@H](O)[C@@H](C)O4)C4=CC(=O)C=C(N1C(=O)C(C)(C)C2=O)[C@@]43O. The number of carbonyl (C=O) groups is 3. The Kier molecular flexibility index (Phi) is 5.39. The van der Waals surface area contributed by atoms with Gasteiger partial charge in [0.1, 0.15) is 16.6 Å². The molecule has 190 valence electrons. The molecule has 35 heavy (non-hydrogen) atoms. The Morgan fingerprint density at radius 2 is 1.86 bits per heavy atom. The van der Waals surface area contributed by atoms with Crippen LogP contribution in [0, 0.1) is 17.3 Å². The largest absolute Gasteiger partial charge is 0.390 e. The van der Waals surface area contributed by atoms with Gasteiger partial charge in [0, 0.05) is 24.0 Å². The number of ether oxygens (including phenoxy) is 2. The van der Waals surface area contributed by atoms with E-state index < -0.39 is 53.0 Å². The summed E-state index contributed by atoms with van der Waals surface area (Å²) in [7, 11) is 0. The van der Waals surface area contributed by atoms with E-state index in [-0.39, 0.29) is 23.2 Å². The molecule has 2 saturated heterocycles. The van der Waals surface area contributed by atoms with E-state index in [1.54, 1.807) is 20.8 Å². The maximum absolute atomic E-state index is 13.7. The predicted molar refractivity (Wildman–Crippen MR) is 126 cm³/mol. The summed E-state index contributed by atoms with van der Waals surface area (Å²) in [6.45, 7) is 10.7. The van der Waals surface area contributed by atoms with Crippen molar-refractivity contribution in [2.45, 2.75) is 96.5 Å². The highest BCUT2D eigenvalue weighted by Gasteiger charge is 2.70. The molecule has 1 amide bonds. The Hall–Kier alpha value is -2.13. The first-order valence-corrected chi connectivity index (χ1v) is 12.6. The van der Waals surface area contributed by atoms with Gasteiger partial charge in [0.25, 0.3) is 0 Å². The molecular weight excluding hydrogens is 450 g/mol. The molecular formula is C27H35NO7. The second-order valence-electron chi connectivity index (χ2n) is 11.4. The van der Waals surface area contributed by atoms with Gasteiger partial charge in [-0.15, -0.1) is 0 Å². The molecule has 8 nitrogen and oxygen atoms in total. The average molecular weight is 486 g/mol. The molecule has 0 unspecified atom stereocenters. The predicted octanol–water partition coefficient (Wildman–Crippen LogP) is 2.19. The molecule has 3 aliphatic heterocycles. The summed E-state index contributed by atoms with van der Waals surface area (Å²) in [5.41, 5.74) is -2.87. The number of aliphatic hydroxyl groups excluding tert-OH is 1. The highest BCUT2D eigenvalue weighted by atomic mass is 16.7. The molecule has 3 fully saturated rings. The first-order chi connectivity index (χ1) is 16.3. The van der Waals surface area contributed by atoms with Crippen LogP contribution in [0.15, 0.2) is 35.1 Å². The number of rotatable bonds is 3. The van der Waals surface area contributed by atoms with Gasteiger partial charge < -0.3 is 19.7 Å². The third-order valence-corrected chi connectivity index (χ3v) is 8.91. The minimum Gasteiger partial charge on any atom is -0.390 e. The van der Waals surface area contributed by atoms with Crippen LogP contribution in [0.3, 0.4) is 0 Å². The molecule has 0 radical (unpaired) electrons. The summed E-state index contributed by atoms with van der Waals surface area (Å²) in [6.07, 6.45) is 3.72. The van der Waals surface area contributed by atoms with Gasteiger partial charge in [0.15, 0.2) is 17.9 Å². The number of carbonyl (C=O) groups excluding carboxylic acids is 3. The van der Waals surface area contributed by atoms with E-state index in [0.717, 1.165) is 5.57 Å². The molecule has 5 rings (SSSR count). The zero-order valence-corrected chi connectivity index (χ0v) is 21.2. The van der Waals surface area contributed by atoms with Crippen molar-refractivity contribution in [2.75, 3.05) is 0 Å². The lowest BCUT2D eigenvalue weighted by atomic mass is 9.75. The van der Waals surface area contributed by atoms with Crippen LogP contribution in [0.1, 0.15) is 60.8 Å². The number of Topliss-reactive ketones (excluding diaryl/α,β-unsaturated/α-hetero) is 1. The third-order valence-electron chi connectivity index (χ3n) is 8.91. The minimum atomic E-state index is -1.67. The number of hydrogen-bond acceptors (Lipinski definition) is 7. The van der Waals surface area contributed by atoms with Crippen molar-refractivity contribution in [2.24, 2.45) is 17.3 Å². The molecule has 0 aromatic carbocycles. The fraction of sp³-hybridized carbons (Fsp3) is 0.667. The molecule has 3 heterocycles. The monoisotopic (exact) mass is 485 g/mol. The molecule has 8 heteroatoms. The lowest BCUT2D eigenvalue weighted by Gasteiger charge is -2.42. The van der Waals surface area contributed by atoms with Gasteiger partial charge >= 0.3 is 0 Å². The Bertz CT molecular complexity index is 1100. The number of amides is 1. The van der Waals surface area contributed by atoms with E-state index in [9.17, 15) is 24.6 Å². The molecule has 0 spiro atoms. The van der Waals surface area contributed by atoms with Crippen LogP contribution in [0.2, 0.25) is 0 Å². The molecule has 5 aliphatic rings. The Morgan fingerprint density at radius 1 is 1.17 bits per heavy atom.